The molecule has 0 saturated carbocycles. The standard InChI is InChI=1S/C18H21N5S/c1-2-4-17-19-9-13-11-23(7-6-15(13)21-17)12-14-10-20-22-18(14)16-5-3-8-24-16/h3,5,8-10H,2,4,6-7,11-12H2,1H3,(H,20,22). The number of aromatic nitrogens is 4. The molecule has 4 heterocycles. The second kappa shape index (κ2) is 6.83. The molecule has 4 rings (SSSR count). The molecule has 0 bridgehead atoms. The van der Waals surface area contributed by atoms with Crippen molar-refractivity contribution in [1.29, 1.82) is 0 Å². The Morgan fingerprint density at radius 2 is 2.29 bits per heavy atom. The molecular weight excluding hydrogens is 318 g/mol. The zero-order chi connectivity index (χ0) is 16.4. The van der Waals surface area contributed by atoms with Gasteiger partial charge in [0, 0.05) is 55.5 Å². The molecule has 0 aromatic carbocycles. The Kier molecular flexibility index (Phi) is 4.40. The first kappa shape index (κ1) is 15.5. The second-order valence-electron chi connectivity index (χ2n) is 6.22. The van der Waals surface area contributed by atoms with Crippen LogP contribution in [0.25, 0.3) is 10.6 Å². The van der Waals surface area contributed by atoms with Gasteiger partial charge in [0.25, 0.3) is 0 Å². The number of aryl methyl sites for hydroxylation is 1. The van der Waals surface area contributed by atoms with Crippen LogP contribution in [0.1, 0.15) is 36.0 Å². The number of rotatable bonds is 5. The average molecular weight is 339 g/mol. The molecule has 1 N–H and O–H groups in total. The summed E-state index contributed by atoms with van der Waals surface area (Å²) in [6.07, 6.45) is 7.04. The van der Waals surface area contributed by atoms with Gasteiger partial charge in [-0.3, -0.25) is 10.00 Å². The molecule has 0 radical (unpaired) electrons. The fraction of sp³-hybridized carbons (Fsp3) is 0.389. The highest BCUT2D eigenvalue weighted by Gasteiger charge is 2.20. The van der Waals surface area contributed by atoms with Crippen molar-refractivity contribution in [2.24, 2.45) is 0 Å². The van der Waals surface area contributed by atoms with E-state index in [9.17, 15) is 0 Å². The first-order chi connectivity index (χ1) is 11.8. The highest BCUT2D eigenvalue weighted by molar-refractivity contribution is 7.13. The topological polar surface area (TPSA) is 57.7 Å². The van der Waals surface area contributed by atoms with E-state index >= 15 is 0 Å². The van der Waals surface area contributed by atoms with Gasteiger partial charge in [-0.1, -0.05) is 13.0 Å². The maximum Gasteiger partial charge on any atom is 0.128 e. The van der Waals surface area contributed by atoms with Crippen LogP contribution in [0, 0.1) is 0 Å². The van der Waals surface area contributed by atoms with Crippen LogP contribution >= 0.6 is 11.3 Å². The van der Waals surface area contributed by atoms with E-state index in [2.05, 4.69) is 44.5 Å². The van der Waals surface area contributed by atoms with Crippen LogP contribution in [-0.2, 0) is 25.9 Å². The van der Waals surface area contributed by atoms with Gasteiger partial charge in [-0.25, -0.2) is 9.97 Å². The number of fused-ring (bicyclic) bond motifs is 1. The summed E-state index contributed by atoms with van der Waals surface area (Å²) in [7, 11) is 0. The molecule has 0 aliphatic carbocycles. The quantitative estimate of drug-likeness (QED) is 0.773. The Hall–Kier alpha value is -2.05. The molecule has 3 aromatic rings. The van der Waals surface area contributed by atoms with Gasteiger partial charge in [0.15, 0.2) is 0 Å². The smallest absolute Gasteiger partial charge is 0.128 e. The largest absolute Gasteiger partial charge is 0.294 e. The van der Waals surface area contributed by atoms with Crippen LogP contribution in [0.2, 0.25) is 0 Å². The third-order valence-corrected chi connectivity index (χ3v) is 5.30. The highest BCUT2D eigenvalue weighted by Crippen LogP contribution is 2.27. The van der Waals surface area contributed by atoms with Crippen molar-refractivity contribution in [3.05, 3.63) is 52.6 Å². The van der Waals surface area contributed by atoms with Crippen molar-refractivity contribution in [2.75, 3.05) is 6.54 Å². The fourth-order valence-electron chi connectivity index (χ4n) is 3.20. The van der Waals surface area contributed by atoms with Crippen molar-refractivity contribution in [3.8, 4) is 10.6 Å². The molecule has 0 fully saturated rings. The molecular formula is C18H21N5S. The van der Waals surface area contributed by atoms with E-state index in [1.165, 1.54) is 21.7 Å². The molecule has 3 aromatic heterocycles. The first-order valence-electron chi connectivity index (χ1n) is 8.45. The molecule has 0 amide bonds. The monoisotopic (exact) mass is 339 g/mol. The van der Waals surface area contributed by atoms with E-state index in [-0.39, 0.29) is 0 Å². The maximum atomic E-state index is 4.74. The average Bonchev–Trinajstić information content (AvgIpc) is 3.26. The van der Waals surface area contributed by atoms with Gasteiger partial charge in [0.1, 0.15) is 5.82 Å². The third-order valence-electron chi connectivity index (χ3n) is 4.42. The van der Waals surface area contributed by atoms with Crippen molar-refractivity contribution in [1.82, 2.24) is 25.1 Å². The molecule has 24 heavy (non-hydrogen) atoms. The van der Waals surface area contributed by atoms with Crippen LogP contribution in [0.5, 0.6) is 0 Å². The number of hydrogen-bond donors (Lipinski definition) is 1. The minimum Gasteiger partial charge on any atom is -0.294 e. The Balaban J connectivity index is 1.49. The second-order valence-corrected chi connectivity index (χ2v) is 7.16. The lowest BCUT2D eigenvalue weighted by Gasteiger charge is -2.27. The van der Waals surface area contributed by atoms with Crippen molar-refractivity contribution >= 4 is 11.3 Å². The summed E-state index contributed by atoms with van der Waals surface area (Å²) in [6.45, 7) is 5.02. The van der Waals surface area contributed by atoms with Crippen LogP contribution in [0.3, 0.4) is 0 Å². The van der Waals surface area contributed by atoms with Gasteiger partial charge >= 0.3 is 0 Å². The zero-order valence-electron chi connectivity index (χ0n) is 13.8. The van der Waals surface area contributed by atoms with Crippen LogP contribution < -0.4 is 0 Å². The fourth-order valence-corrected chi connectivity index (χ4v) is 3.96. The number of thiophene rings is 1. The van der Waals surface area contributed by atoms with E-state index in [0.717, 1.165) is 50.4 Å². The lowest BCUT2D eigenvalue weighted by atomic mass is 10.1. The maximum absolute atomic E-state index is 4.74. The summed E-state index contributed by atoms with van der Waals surface area (Å²) in [5.74, 6) is 0.986. The van der Waals surface area contributed by atoms with E-state index in [1.807, 2.05) is 12.4 Å². The Bertz CT molecular complexity index is 809. The Morgan fingerprint density at radius 3 is 3.12 bits per heavy atom. The number of nitrogens with one attached hydrogen (secondary N) is 1. The van der Waals surface area contributed by atoms with Crippen molar-refractivity contribution in [2.45, 2.75) is 39.3 Å². The molecule has 5 nitrogen and oxygen atoms in total. The zero-order valence-corrected chi connectivity index (χ0v) is 14.6. The Labute approximate surface area is 145 Å². The summed E-state index contributed by atoms with van der Waals surface area (Å²) >= 11 is 1.74. The molecule has 124 valence electrons. The molecule has 6 heteroatoms. The first-order valence-corrected chi connectivity index (χ1v) is 9.33. The lowest BCUT2D eigenvalue weighted by molar-refractivity contribution is 0.243. The summed E-state index contributed by atoms with van der Waals surface area (Å²) in [4.78, 5) is 12.9. The molecule has 0 unspecified atom stereocenters. The predicted octanol–water partition coefficient (Wildman–Crippen LogP) is 3.44. The molecule has 1 aliphatic heterocycles. The van der Waals surface area contributed by atoms with Gasteiger partial charge in [-0.05, 0) is 17.9 Å². The van der Waals surface area contributed by atoms with Gasteiger partial charge in [-0.15, -0.1) is 11.3 Å². The number of nitrogens with zero attached hydrogens (tertiary/aromatic N) is 4. The van der Waals surface area contributed by atoms with E-state index in [1.54, 1.807) is 11.3 Å². The Morgan fingerprint density at radius 1 is 1.33 bits per heavy atom. The molecule has 0 saturated heterocycles. The lowest BCUT2D eigenvalue weighted by Crippen LogP contribution is -2.31. The van der Waals surface area contributed by atoms with Crippen LogP contribution in [0.4, 0.5) is 0 Å². The van der Waals surface area contributed by atoms with Gasteiger partial charge < -0.3 is 0 Å². The van der Waals surface area contributed by atoms with E-state index in [4.69, 9.17) is 4.98 Å². The van der Waals surface area contributed by atoms with E-state index < -0.39 is 0 Å². The van der Waals surface area contributed by atoms with Crippen molar-refractivity contribution in [3.63, 3.8) is 0 Å². The summed E-state index contributed by atoms with van der Waals surface area (Å²) in [6, 6.07) is 4.21. The van der Waals surface area contributed by atoms with Crippen molar-refractivity contribution < 1.29 is 0 Å². The normalized spacial score (nSPS) is 14.7. The minimum absolute atomic E-state index is 0.903. The van der Waals surface area contributed by atoms with Gasteiger partial charge in [0.05, 0.1) is 16.8 Å². The SMILES string of the molecule is CCCc1ncc2c(n1)CCN(Cc1cn[nH]c1-c1cccs1)C2. The van der Waals surface area contributed by atoms with Gasteiger partial charge in [0.2, 0.25) is 0 Å². The molecule has 0 atom stereocenters. The summed E-state index contributed by atoms with van der Waals surface area (Å²) in [5.41, 5.74) is 4.90. The minimum atomic E-state index is 0.903. The van der Waals surface area contributed by atoms with Crippen LogP contribution in [-0.4, -0.2) is 31.6 Å². The molecule has 1 aliphatic rings. The predicted molar refractivity (Wildman–Crippen MR) is 95.7 cm³/mol. The highest BCUT2D eigenvalue weighted by atomic mass is 32.1. The van der Waals surface area contributed by atoms with Gasteiger partial charge in [-0.2, -0.15) is 5.10 Å². The van der Waals surface area contributed by atoms with E-state index in [0.29, 0.717) is 0 Å². The summed E-state index contributed by atoms with van der Waals surface area (Å²) < 4.78 is 0. The summed E-state index contributed by atoms with van der Waals surface area (Å²) in [5, 5.41) is 9.50. The molecule has 0 spiro atoms. The van der Waals surface area contributed by atoms with Crippen LogP contribution in [0.15, 0.2) is 29.9 Å². The number of H-pyrrole nitrogens is 1. The number of aromatic amines is 1. The number of hydrogen-bond acceptors (Lipinski definition) is 5. The third kappa shape index (κ3) is 3.12.